The predicted octanol–water partition coefficient (Wildman–Crippen LogP) is 4.97. The maximum Gasteiger partial charge on any atom is 0.0440 e. The Hall–Kier alpha value is -1.01. The summed E-state index contributed by atoms with van der Waals surface area (Å²) in [6, 6.07) is 8.06. The quantitative estimate of drug-likeness (QED) is 0.615. The lowest BCUT2D eigenvalue weighted by atomic mass is 9.96. The topological polar surface area (TPSA) is 0 Å². The molecule has 0 amide bonds. The molecule has 0 spiro atoms. The molecule has 0 aliphatic carbocycles. The highest BCUT2D eigenvalue weighted by Gasteiger charge is 2.07. The molecule has 0 aliphatic heterocycles. The van der Waals surface area contributed by atoms with E-state index in [0.717, 1.165) is 17.9 Å². The van der Waals surface area contributed by atoms with Crippen molar-refractivity contribution in [1.82, 2.24) is 0 Å². The highest BCUT2D eigenvalue weighted by molar-refractivity contribution is 6.31. The van der Waals surface area contributed by atoms with Crippen molar-refractivity contribution < 1.29 is 0 Å². The Labute approximate surface area is 97.3 Å². The second-order valence-electron chi connectivity index (χ2n) is 3.66. The molecule has 1 aromatic carbocycles. The minimum atomic E-state index is 0.508. The molecule has 0 heterocycles. The highest BCUT2D eigenvalue weighted by atomic mass is 35.5. The van der Waals surface area contributed by atoms with Gasteiger partial charge in [-0.2, -0.15) is 0 Å². The number of hydrogen-bond acceptors (Lipinski definition) is 0. The van der Waals surface area contributed by atoms with Gasteiger partial charge in [-0.3, -0.25) is 0 Å². The van der Waals surface area contributed by atoms with Crippen LogP contribution in [0.1, 0.15) is 31.2 Å². The first-order chi connectivity index (χ1) is 7.25. The molecular weight excluding hydrogens is 204 g/mol. The molecule has 1 atom stereocenters. The van der Waals surface area contributed by atoms with Gasteiger partial charge in [-0.1, -0.05) is 61.5 Å². The fourth-order valence-electron chi connectivity index (χ4n) is 1.57. The van der Waals surface area contributed by atoms with Gasteiger partial charge in [0.2, 0.25) is 0 Å². The summed E-state index contributed by atoms with van der Waals surface area (Å²) in [7, 11) is 0. The van der Waals surface area contributed by atoms with E-state index < -0.39 is 0 Å². The van der Waals surface area contributed by atoms with E-state index in [4.69, 9.17) is 11.6 Å². The van der Waals surface area contributed by atoms with Crippen molar-refractivity contribution in [2.75, 3.05) is 0 Å². The lowest BCUT2D eigenvalue weighted by Gasteiger charge is -2.11. The van der Waals surface area contributed by atoms with Crippen molar-refractivity contribution in [3.8, 4) is 0 Å². The summed E-state index contributed by atoms with van der Waals surface area (Å²) in [4.78, 5) is 0. The number of hydrogen-bond donors (Lipinski definition) is 0. The van der Waals surface area contributed by atoms with Gasteiger partial charge in [-0.05, 0) is 30.4 Å². The summed E-state index contributed by atoms with van der Waals surface area (Å²) >= 11 is 6.13. The van der Waals surface area contributed by atoms with Crippen molar-refractivity contribution in [3.63, 3.8) is 0 Å². The van der Waals surface area contributed by atoms with Crippen molar-refractivity contribution in [2.24, 2.45) is 0 Å². The molecular formula is C14H17Cl. The van der Waals surface area contributed by atoms with E-state index in [9.17, 15) is 0 Å². The molecule has 1 rings (SSSR count). The zero-order valence-electron chi connectivity index (χ0n) is 9.12. The van der Waals surface area contributed by atoms with Crippen LogP contribution in [0.25, 0.3) is 0 Å². The lowest BCUT2D eigenvalue weighted by Crippen LogP contribution is -1.93. The molecule has 80 valence electrons. The fourth-order valence-corrected chi connectivity index (χ4v) is 1.89. The molecule has 0 bridgehead atoms. The van der Waals surface area contributed by atoms with Gasteiger partial charge in [-0.25, -0.2) is 0 Å². The Bertz CT molecular complexity index is 339. The summed E-state index contributed by atoms with van der Waals surface area (Å²) < 4.78 is 0. The van der Waals surface area contributed by atoms with Crippen LogP contribution in [-0.2, 0) is 0 Å². The third-order valence-electron chi connectivity index (χ3n) is 2.47. The van der Waals surface area contributed by atoms with Crippen LogP contribution in [0.15, 0.2) is 49.1 Å². The summed E-state index contributed by atoms with van der Waals surface area (Å²) in [6.45, 7) is 5.85. The zero-order valence-corrected chi connectivity index (χ0v) is 9.87. The van der Waals surface area contributed by atoms with Crippen LogP contribution in [0.5, 0.6) is 0 Å². The molecule has 15 heavy (non-hydrogen) atoms. The summed E-state index contributed by atoms with van der Waals surface area (Å²) in [6.07, 6.45) is 8.12. The minimum Gasteiger partial charge on any atom is -0.0991 e. The second kappa shape index (κ2) is 6.47. The predicted molar refractivity (Wildman–Crippen MR) is 68.4 cm³/mol. The average Bonchev–Trinajstić information content (AvgIpc) is 2.25. The van der Waals surface area contributed by atoms with Crippen molar-refractivity contribution in [2.45, 2.75) is 25.7 Å². The molecule has 0 aliphatic rings. The van der Waals surface area contributed by atoms with Gasteiger partial charge >= 0.3 is 0 Å². The van der Waals surface area contributed by atoms with Crippen LogP contribution in [0.3, 0.4) is 0 Å². The highest BCUT2D eigenvalue weighted by Crippen LogP contribution is 2.27. The number of halogens is 1. The molecule has 0 radical (unpaired) electrons. The van der Waals surface area contributed by atoms with E-state index in [1.165, 1.54) is 5.56 Å². The second-order valence-corrected chi connectivity index (χ2v) is 4.07. The first-order valence-corrected chi connectivity index (χ1v) is 5.65. The third-order valence-corrected chi connectivity index (χ3v) is 2.82. The summed E-state index contributed by atoms with van der Waals surface area (Å²) in [5, 5.41) is 0.873. The Morgan fingerprint density at radius 3 is 2.80 bits per heavy atom. The Balaban J connectivity index is 2.53. The van der Waals surface area contributed by atoms with E-state index in [0.29, 0.717) is 5.92 Å². The van der Waals surface area contributed by atoms with Crippen LogP contribution in [0, 0.1) is 0 Å². The molecule has 1 unspecified atom stereocenters. The van der Waals surface area contributed by atoms with Crippen LogP contribution < -0.4 is 0 Å². The van der Waals surface area contributed by atoms with Crippen molar-refractivity contribution in [1.29, 1.82) is 0 Å². The largest absolute Gasteiger partial charge is 0.0991 e. The Morgan fingerprint density at radius 1 is 1.40 bits per heavy atom. The van der Waals surface area contributed by atoms with Gasteiger partial charge in [0.1, 0.15) is 0 Å². The van der Waals surface area contributed by atoms with Gasteiger partial charge in [0.05, 0.1) is 0 Å². The Morgan fingerprint density at radius 2 is 2.13 bits per heavy atom. The number of benzene rings is 1. The first-order valence-electron chi connectivity index (χ1n) is 5.27. The standard InChI is InChI=1S/C14H17Cl/c1-3-4-5-6-9-12(2)13-10-7-8-11-14(13)15/h3-5,7-8,10-12H,1,6,9H2,2H3/b5-4-. The van der Waals surface area contributed by atoms with E-state index in [1.807, 2.05) is 24.3 Å². The maximum atomic E-state index is 6.13. The third kappa shape index (κ3) is 3.93. The van der Waals surface area contributed by atoms with E-state index >= 15 is 0 Å². The van der Waals surface area contributed by atoms with Crippen molar-refractivity contribution >= 4 is 11.6 Å². The number of rotatable bonds is 5. The maximum absolute atomic E-state index is 6.13. The minimum absolute atomic E-state index is 0.508. The number of allylic oxidation sites excluding steroid dienone is 3. The molecule has 0 fully saturated rings. The first kappa shape index (κ1) is 12.1. The normalized spacial score (nSPS) is 12.9. The molecule has 0 aromatic heterocycles. The smallest absolute Gasteiger partial charge is 0.0440 e. The van der Waals surface area contributed by atoms with Crippen LogP contribution in [-0.4, -0.2) is 0 Å². The van der Waals surface area contributed by atoms with Gasteiger partial charge in [-0.15, -0.1) is 0 Å². The van der Waals surface area contributed by atoms with E-state index in [-0.39, 0.29) is 0 Å². The molecule has 0 saturated heterocycles. The summed E-state index contributed by atoms with van der Waals surface area (Å²) in [5.74, 6) is 0.508. The van der Waals surface area contributed by atoms with Crippen LogP contribution in [0.2, 0.25) is 5.02 Å². The fraction of sp³-hybridized carbons (Fsp3) is 0.286. The van der Waals surface area contributed by atoms with Gasteiger partial charge in [0.15, 0.2) is 0 Å². The molecule has 1 aromatic rings. The summed E-state index contributed by atoms with van der Waals surface area (Å²) in [5.41, 5.74) is 1.24. The van der Waals surface area contributed by atoms with Crippen molar-refractivity contribution in [3.05, 3.63) is 59.7 Å². The SMILES string of the molecule is C=C/C=C\CCC(C)c1ccccc1Cl. The van der Waals surface area contributed by atoms with Crippen LogP contribution >= 0.6 is 11.6 Å². The lowest BCUT2D eigenvalue weighted by molar-refractivity contribution is 0.691. The average molecular weight is 221 g/mol. The molecule has 0 saturated carbocycles. The van der Waals surface area contributed by atoms with Crippen LogP contribution in [0.4, 0.5) is 0 Å². The molecule has 1 heteroatoms. The molecule has 0 nitrogen and oxygen atoms in total. The Kier molecular flexibility index (Phi) is 5.20. The van der Waals surface area contributed by atoms with E-state index in [1.54, 1.807) is 6.08 Å². The van der Waals surface area contributed by atoms with Gasteiger partial charge in [0, 0.05) is 5.02 Å². The monoisotopic (exact) mass is 220 g/mol. The zero-order chi connectivity index (χ0) is 11.1. The van der Waals surface area contributed by atoms with E-state index in [2.05, 4.69) is 25.6 Å². The molecule has 0 N–H and O–H groups in total. The van der Waals surface area contributed by atoms with Gasteiger partial charge < -0.3 is 0 Å². The van der Waals surface area contributed by atoms with Gasteiger partial charge in [0.25, 0.3) is 0 Å².